The molecule has 1 heterocycles. The number of hydrogen-bond acceptors (Lipinski definition) is 2. The van der Waals surface area contributed by atoms with Gasteiger partial charge in [0.25, 0.3) is 0 Å². The highest BCUT2D eigenvalue weighted by Crippen LogP contribution is 2.39. The summed E-state index contributed by atoms with van der Waals surface area (Å²) in [6, 6.07) is 17.0. The number of hydrogen-bond donors (Lipinski definition) is 0. The number of anilines is 1. The van der Waals surface area contributed by atoms with Crippen molar-refractivity contribution in [3.05, 3.63) is 64.2 Å². The zero-order valence-electron chi connectivity index (χ0n) is 12.0. The van der Waals surface area contributed by atoms with E-state index in [1.807, 2.05) is 25.1 Å². The molecule has 0 aromatic heterocycles. The molecule has 1 atom stereocenters. The number of benzene rings is 2. The molecule has 0 amide bonds. The molecule has 106 valence electrons. The van der Waals surface area contributed by atoms with Crippen LogP contribution in [0.3, 0.4) is 0 Å². The van der Waals surface area contributed by atoms with Crippen molar-refractivity contribution in [3.63, 3.8) is 0 Å². The van der Waals surface area contributed by atoms with Gasteiger partial charge in [0.1, 0.15) is 6.07 Å². The molecule has 1 unspecified atom stereocenters. The molecular formula is C18H17ClN2. The molecule has 1 saturated heterocycles. The van der Waals surface area contributed by atoms with E-state index in [0.29, 0.717) is 16.6 Å². The Morgan fingerprint density at radius 2 is 1.95 bits per heavy atom. The van der Waals surface area contributed by atoms with Crippen molar-refractivity contribution in [2.45, 2.75) is 25.8 Å². The Bertz CT molecular complexity index is 688. The molecular weight excluding hydrogens is 280 g/mol. The first-order valence-electron chi connectivity index (χ1n) is 7.23. The van der Waals surface area contributed by atoms with E-state index < -0.39 is 0 Å². The lowest BCUT2D eigenvalue weighted by molar-refractivity contribution is 0.718. The summed E-state index contributed by atoms with van der Waals surface area (Å²) in [7, 11) is 0. The highest BCUT2D eigenvalue weighted by atomic mass is 35.5. The van der Waals surface area contributed by atoms with Crippen LogP contribution in [0.1, 0.15) is 35.6 Å². The fraction of sp³-hybridized carbons (Fsp3) is 0.278. The Morgan fingerprint density at radius 3 is 2.67 bits per heavy atom. The number of nitrogens with zero attached hydrogens (tertiary/aromatic N) is 2. The predicted octanol–water partition coefficient (Wildman–Crippen LogP) is 4.86. The number of rotatable bonds is 2. The molecule has 0 N–H and O–H groups in total. The second-order valence-electron chi connectivity index (χ2n) is 5.45. The Kier molecular flexibility index (Phi) is 3.86. The van der Waals surface area contributed by atoms with Gasteiger partial charge in [-0.3, -0.25) is 0 Å². The molecule has 0 spiro atoms. The van der Waals surface area contributed by atoms with Crippen molar-refractivity contribution in [2.24, 2.45) is 0 Å². The molecule has 3 rings (SSSR count). The summed E-state index contributed by atoms with van der Waals surface area (Å²) < 4.78 is 0. The number of nitriles is 1. The minimum Gasteiger partial charge on any atom is -0.364 e. The lowest BCUT2D eigenvalue weighted by Crippen LogP contribution is -2.23. The van der Waals surface area contributed by atoms with E-state index in [9.17, 15) is 0 Å². The monoisotopic (exact) mass is 296 g/mol. The summed E-state index contributed by atoms with van der Waals surface area (Å²) in [5.41, 5.74) is 4.03. The maximum Gasteiger partial charge on any atom is 0.101 e. The molecule has 2 aromatic carbocycles. The molecule has 2 nitrogen and oxygen atoms in total. The van der Waals surface area contributed by atoms with Crippen LogP contribution in [0.25, 0.3) is 0 Å². The molecule has 0 radical (unpaired) electrons. The number of halogens is 1. The van der Waals surface area contributed by atoms with Crippen molar-refractivity contribution in [1.82, 2.24) is 0 Å². The summed E-state index contributed by atoms with van der Waals surface area (Å²) in [6.45, 7) is 3.03. The van der Waals surface area contributed by atoms with Crippen LogP contribution in [0.2, 0.25) is 5.02 Å². The van der Waals surface area contributed by atoms with Gasteiger partial charge in [-0.05, 0) is 43.0 Å². The Hall–Kier alpha value is -1.98. The van der Waals surface area contributed by atoms with Crippen LogP contribution < -0.4 is 4.90 Å². The zero-order chi connectivity index (χ0) is 14.8. The van der Waals surface area contributed by atoms with Crippen LogP contribution in [0.5, 0.6) is 0 Å². The molecule has 1 fully saturated rings. The van der Waals surface area contributed by atoms with Crippen molar-refractivity contribution in [3.8, 4) is 6.07 Å². The second-order valence-corrected chi connectivity index (χ2v) is 5.82. The molecule has 3 heteroatoms. The lowest BCUT2D eigenvalue weighted by atomic mass is 10.0. The topological polar surface area (TPSA) is 27.0 Å². The van der Waals surface area contributed by atoms with Crippen molar-refractivity contribution in [2.75, 3.05) is 11.4 Å². The predicted molar refractivity (Wildman–Crippen MR) is 86.7 cm³/mol. The van der Waals surface area contributed by atoms with Gasteiger partial charge in [-0.25, -0.2) is 0 Å². The van der Waals surface area contributed by atoms with Gasteiger partial charge >= 0.3 is 0 Å². The Morgan fingerprint density at radius 1 is 1.19 bits per heavy atom. The molecule has 0 bridgehead atoms. The van der Waals surface area contributed by atoms with E-state index >= 15 is 0 Å². The van der Waals surface area contributed by atoms with Crippen LogP contribution in [-0.4, -0.2) is 6.54 Å². The van der Waals surface area contributed by atoms with Crippen LogP contribution in [0.4, 0.5) is 5.69 Å². The van der Waals surface area contributed by atoms with Gasteiger partial charge in [-0.1, -0.05) is 41.9 Å². The standard InChI is InChI=1S/C18H17ClN2/c1-13-16(10-9-15(12-20)18(13)19)21-11-5-8-17(21)14-6-3-2-4-7-14/h2-4,6-7,9-10,17H,5,8,11H2,1H3. The minimum absolute atomic E-state index is 0.397. The van der Waals surface area contributed by atoms with E-state index in [1.165, 1.54) is 12.0 Å². The smallest absolute Gasteiger partial charge is 0.101 e. The quantitative estimate of drug-likeness (QED) is 0.791. The summed E-state index contributed by atoms with van der Waals surface area (Å²) in [4.78, 5) is 2.41. The van der Waals surface area contributed by atoms with Crippen molar-refractivity contribution >= 4 is 17.3 Å². The second kappa shape index (κ2) is 5.79. The van der Waals surface area contributed by atoms with E-state index in [0.717, 1.165) is 24.2 Å². The van der Waals surface area contributed by atoms with Gasteiger partial charge in [0.05, 0.1) is 16.6 Å². The molecule has 0 saturated carbocycles. The highest BCUT2D eigenvalue weighted by molar-refractivity contribution is 6.32. The van der Waals surface area contributed by atoms with Gasteiger partial charge in [0.2, 0.25) is 0 Å². The third kappa shape index (κ3) is 2.50. The average Bonchev–Trinajstić information content (AvgIpc) is 3.00. The summed E-state index contributed by atoms with van der Waals surface area (Å²) in [6.07, 6.45) is 2.33. The third-order valence-electron chi connectivity index (χ3n) is 4.22. The fourth-order valence-electron chi connectivity index (χ4n) is 3.15. The normalized spacial score (nSPS) is 17.8. The molecule has 21 heavy (non-hydrogen) atoms. The summed E-state index contributed by atoms with van der Waals surface area (Å²) in [5, 5.41) is 9.66. The zero-order valence-corrected chi connectivity index (χ0v) is 12.8. The van der Waals surface area contributed by atoms with Crippen LogP contribution in [0, 0.1) is 18.3 Å². The molecule has 1 aliphatic heterocycles. The first kappa shape index (κ1) is 14.0. The largest absolute Gasteiger partial charge is 0.364 e. The first-order chi connectivity index (χ1) is 10.2. The van der Waals surface area contributed by atoms with Crippen molar-refractivity contribution < 1.29 is 0 Å². The van der Waals surface area contributed by atoms with Crippen LogP contribution >= 0.6 is 11.6 Å². The minimum atomic E-state index is 0.397. The third-order valence-corrected chi connectivity index (χ3v) is 4.71. The van der Waals surface area contributed by atoms with Gasteiger partial charge in [0.15, 0.2) is 0 Å². The molecule has 1 aliphatic rings. The van der Waals surface area contributed by atoms with Gasteiger partial charge < -0.3 is 4.90 Å². The summed E-state index contributed by atoms with van der Waals surface area (Å²) >= 11 is 6.32. The van der Waals surface area contributed by atoms with E-state index in [1.54, 1.807) is 0 Å². The van der Waals surface area contributed by atoms with Crippen LogP contribution in [-0.2, 0) is 0 Å². The highest BCUT2D eigenvalue weighted by Gasteiger charge is 2.27. The first-order valence-corrected chi connectivity index (χ1v) is 7.61. The van der Waals surface area contributed by atoms with Gasteiger partial charge in [-0.2, -0.15) is 5.26 Å². The Labute approximate surface area is 130 Å². The van der Waals surface area contributed by atoms with E-state index in [2.05, 4.69) is 35.2 Å². The van der Waals surface area contributed by atoms with E-state index in [-0.39, 0.29) is 0 Å². The maximum atomic E-state index is 9.08. The lowest BCUT2D eigenvalue weighted by Gasteiger charge is -2.29. The van der Waals surface area contributed by atoms with E-state index in [4.69, 9.17) is 16.9 Å². The molecule has 0 aliphatic carbocycles. The maximum absolute atomic E-state index is 9.08. The van der Waals surface area contributed by atoms with Gasteiger partial charge in [-0.15, -0.1) is 0 Å². The average molecular weight is 297 g/mol. The van der Waals surface area contributed by atoms with Crippen LogP contribution in [0.15, 0.2) is 42.5 Å². The van der Waals surface area contributed by atoms with Crippen molar-refractivity contribution in [1.29, 1.82) is 5.26 Å². The Balaban J connectivity index is 2.00. The SMILES string of the molecule is Cc1c(N2CCCC2c2ccccc2)ccc(C#N)c1Cl. The molecule has 2 aromatic rings. The fourth-order valence-corrected chi connectivity index (χ4v) is 3.35. The summed E-state index contributed by atoms with van der Waals surface area (Å²) in [5.74, 6) is 0. The van der Waals surface area contributed by atoms with Gasteiger partial charge in [0, 0.05) is 12.2 Å².